The first kappa shape index (κ1) is 15.4. The van der Waals surface area contributed by atoms with Crippen molar-refractivity contribution in [3.63, 3.8) is 0 Å². The third-order valence-electron chi connectivity index (χ3n) is 2.73. The zero-order chi connectivity index (χ0) is 15.2. The van der Waals surface area contributed by atoms with Gasteiger partial charge in [0, 0.05) is 4.47 Å². The molecule has 2 aromatic carbocycles. The number of carbonyl (C=O) groups excluding carboxylic acids is 1. The molecule has 0 atom stereocenters. The second-order valence-electron chi connectivity index (χ2n) is 4.11. The van der Waals surface area contributed by atoms with Gasteiger partial charge in [-0.3, -0.25) is 0 Å². The first-order chi connectivity index (χ1) is 10.2. The molecule has 0 aromatic heterocycles. The third-order valence-corrected chi connectivity index (χ3v) is 3.23. The topological polar surface area (TPSA) is 44.8 Å². The Kier molecular flexibility index (Phi) is 5.22. The molecule has 0 aliphatic carbocycles. The predicted molar refractivity (Wildman–Crippen MR) is 83.3 cm³/mol. The standard InChI is InChI=1S/C16H15BrO4/c1-3-20-13-9-8-11(17)10-12(13)16(18)21-15-7-5-4-6-14(15)19-2/h4-10H,3H2,1-2H3. The van der Waals surface area contributed by atoms with Crippen molar-refractivity contribution in [2.24, 2.45) is 0 Å². The van der Waals surface area contributed by atoms with Gasteiger partial charge in [-0.05, 0) is 37.3 Å². The van der Waals surface area contributed by atoms with Crippen LogP contribution in [0, 0.1) is 0 Å². The molecule has 0 N–H and O–H groups in total. The largest absolute Gasteiger partial charge is 0.493 e. The minimum atomic E-state index is -0.496. The molecule has 2 aromatic rings. The van der Waals surface area contributed by atoms with Gasteiger partial charge in [-0.2, -0.15) is 0 Å². The summed E-state index contributed by atoms with van der Waals surface area (Å²) >= 11 is 3.34. The van der Waals surface area contributed by atoms with Crippen LogP contribution < -0.4 is 14.2 Å². The van der Waals surface area contributed by atoms with E-state index in [9.17, 15) is 4.79 Å². The Labute approximate surface area is 131 Å². The van der Waals surface area contributed by atoms with Crippen molar-refractivity contribution < 1.29 is 19.0 Å². The summed E-state index contributed by atoms with van der Waals surface area (Å²) in [7, 11) is 1.53. The highest BCUT2D eigenvalue weighted by atomic mass is 79.9. The Bertz CT molecular complexity index is 640. The van der Waals surface area contributed by atoms with Crippen LogP contribution in [-0.4, -0.2) is 19.7 Å². The van der Waals surface area contributed by atoms with E-state index < -0.39 is 5.97 Å². The van der Waals surface area contributed by atoms with E-state index in [1.54, 1.807) is 36.4 Å². The van der Waals surface area contributed by atoms with Crippen LogP contribution >= 0.6 is 15.9 Å². The SMILES string of the molecule is CCOc1ccc(Br)cc1C(=O)Oc1ccccc1OC. The van der Waals surface area contributed by atoms with Crippen molar-refractivity contribution in [3.05, 3.63) is 52.5 Å². The summed E-state index contributed by atoms with van der Waals surface area (Å²) in [5.74, 6) is 0.857. The molecule has 0 unspecified atom stereocenters. The number of carbonyl (C=O) groups is 1. The molecule has 21 heavy (non-hydrogen) atoms. The number of halogens is 1. The number of para-hydroxylation sites is 2. The monoisotopic (exact) mass is 350 g/mol. The fraction of sp³-hybridized carbons (Fsp3) is 0.188. The van der Waals surface area contributed by atoms with Crippen LogP contribution in [0.3, 0.4) is 0 Å². The van der Waals surface area contributed by atoms with Crippen molar-refractivity contribution in [3.8, 4) is 17.2 Å². The Morgan fingerprint density at radius 3 is 2.48 bits per heavy atom. The molecule has 0 saturated carbocycles. The molecule has 0 heterocycles. The second-order valence-corrected chi connectivity index (χ2v) is 5.03. The van der Waals surface area contributed by atoms with Crippen LogP contribution in [0.15, 0.2) is 46.9 Å². The zero-order valence-electron chi connectivity index (χ0n) is 11.8. The molecule has 0 saturated heterocycles. The minimum Gasteiger partial charge on any atom is -0.493 e. The molecule has 110 valence electrons. The van der Waals surface area contributed by atoms with Gasteiger partial charge in [-0.15, -0.1) is 0 Å². The summed E-state index contributed by atoms with van der Waals surface area (Å²) in [5.41, 5.74) is 0.358. The summed E-state index contributed by atoms with van der Waals surface area (Å²) in [6.45, 7) is 2.33. The van der Waals surface area contributed by atoms with Gasteiger partial charge in [0.05, 0.1) is 13.7 Å². The molecule has 4 nitrogen and oxygen atoms in total. The van der Waals surface area contributed by atoms with Crippen molar-refractivity contribution in [2.45, 2.75) is 6.92 Å². The first-order valence-electron chi connectivity index (χ1n) is 6.43. The molecular weight excluding hydrogens is 336 g/mol. The Morgan fingerprint density at radius 1 is 1.10 bits per heavy atom. The van der Waals surface area contributed by atoms with E-state index in [1.807, 2.05) is 13.0 Å². The average Bonchev–Trinajstić information content (AvgIpc) is 2.49. The van der Waals surface area contributed by atoms with E-state index in [2.05, 4.69) is 15.9 Å². The molecule has 0 fully saturated rings. The Morgan fingerprint density at radius 2 is 1.81 bits per heavy atom. The number of ether oxygens (including phenoxy) is 3. The number of rotatable bonds is 5. The zero-order valence-corrected chi connectivity index (χ0v) is 13.3. The average molecular weight is 351 g/mol. The molecule has 5 heteroatoms. The fourth-order valence-electron chi connectivity index (χ4n) is 1.80. The molecule has 2 rings (SSSR count). The van der Waals surface area contributed by atoms with Gasteiger partial charge in [-0.25, -0.2) is 4.79 Å². The third kappa shape index (κ3) is 3.76. The summed E-state index contributed by atoms with van der Waals surface area (Å²) in [5, 5.41) is 0. The number of benzene rings is 2. The van der Waals surface area contributed by atoms with Gasteiger partial charge >= 0.3 is 5.97 Å². The highest BCUT2D eigenvalue weighted by Gasteiger charge is 2.17. The molecule has 0 bridgehead atoms. The maximum Gasteiger partial charge on any atom is 0.347 e. The summed E-state index contributed by atoms with van der Waals surface area (Å²) in [6.07, 6.45) is 0. The van der Waals surface area contributed by atoms with Crippen LogP contribution in [-0.2, 0) is 0 Å². The maximum atomic E-state index is 12.4. The van der Waals surface area contributed by atoms with E-state index in [0.29, 0.717) is 29.4 Å². The van der Waals surface area contributed by atoms with Crippen LogP contribution in [0.5, 0.6) is 17.2 Å². The van der Waals surface area contributed by atoms with Gasteiger partial charge in [0.15, 0.2) is 11.5 Å². The van der Waals surface area contributed by atoms with Crippen LogP contribution in [0.2, 0.25) is 0 Å². The Balaban J connectivity index is 2.29. The quantitative estimate of drug-likeness (QED) is 0.602. The lowest BCUT2D eigenvalue weighted by Crippen LogP contribution is -2.11. The molecule has 0 aliphatic rings. The fourth-order valence-corrected chi connectivity index (χ4v) is 2.16. The highest BCUT2D eigenvalue weighted by Crippen LogP contribution is 2.29. The summed E-state index contributed by atoms with van der Waals surface area (Å²) in [4.78, 5) is 12.4. The van der Waals surface area contributed by atoms with Gasteiger partial charge in [0.25, 0.3) is 0 Å². The van der Waals surface area contributed by atoms with E-state index in [0.717, 1.165) is 4.47 Å². The van der Waals surface area contributed by atoms with Crippen molar-refractivity contribution in [1.82, 2.24) is 0 Å². The van der Waals surface area contributed by atoms with Gasteiger partial charge in [0.1, 0.15) is 11.3 Å². The van der Waals surface area contributed by atoms with Gasteiger partial charge in [-0.1, -0.05) is 28.1 Å². The van der Waals surface area contributed by atoms with Crippen LogP contribution in [0.25, 0.3) is 0 Å². The van der Waals surface area contributed by atoms with Gasteiger partial charge in [0.2, 0.25) is 0 Å². The van der Waals surface area contributed by atoms with Crippen LogP contribution in [0.1, 0.15) is 17.3 Å². The second kappa shape index (κ2) is 7.13. The summed E-state index contributed by atoms with van der Waals surface area (Å²) < 4.78 is 16.8. The normalized spacial score (nSPS) is 10.0. The predicted octanol–water partition coefficient (Wildman–Crippen LogP) is 4.08. The lowest BCUT2D eigenvalue weighted by atomic mass is 10.2. The van der Waals surface area contributed by atoms with Crippen LogP contribution in [0.4, 0.5) is 0 Å². The van der Waals surface area contributed by atoms with Gasteiger partial charge < -0.3 is 14.2 Å². The molecule has 0 aliphatic heterocycles. The maximum absolute atomic E-state index is 12.4. The smallest absolute Gasteiger partial charge is 0.347 e. The lowest BCUT2D eigenvalue weighted by molar-refractivity contribution is 0.0725. The number of methoxy groups -OCH3 is 1. The van der Waals surface area contributed by atoms with Crippen molar-refractivity contribution >= 4 is 21.9 Å². The molecule has 0 spiro atoms. The Hall–Kier alpha value is -2.01. The van der Waals surface area contributed by atoms with Crippen molar-refractivity contribution in [2.75, 3.05) is 13.7 Å². The van der Waals surface area contributed by atoms with E-state index in [-0.39, 0.29) is 0 Å². The van der Waals surface area contributed by atoms with Crippen molar-refractivity contribution in [1.29, 1.82) is 0 Å². The van der Waals surface area contributed by atoms with E-state index in [1.165, 1.54) is 7.11 Å². The van der Waals surface area contributed by atoms with E-state index >= 15 is 0 Å². The number of hydrogen-bond donors (Lipinski definition) is 0. The number of hydrogen-bond acceptors (Lipinski definition) is 4. The lowest BCUT2D eigenvalue weighted by Gasteiger charge is -2.12. The van der Waals surface area contributed by atoms with E-state index in [4.69, 9.17) is 14.2 Å². The summed E-state index contributed by atoms with van der Waals surface area (Å²) in [6, 6.07) is 12.2. The molecule has 0 radical (unpaired) electrons. The highest BCUT2D eigenvalue weighted by molar-refractivity contribution is 9.10. The molecular formula is C16H15BrO4. The first-order valence-corrected chi connectivity index (χ1v) is 7.22. The number of esters is 1. The minimum absolute atomic E-state index is 0.358. The molecule has 0 amide bonds.